The Morgan fingerprint density at radius 1 is 1.11 bits per heavy atom. The average molecular weight is 365 g/mol. The number of carbonyl (C=O) groups is 1. The van der Waals surface area contributed by atoms with E-state index in [-0.39, 0.29) is 18.4 Å². The van der Waals surface area contributed by atoms with Crippen LogP contribution in [-0.4, -0.2) is 25.3 Å². The molecule has 0 amide bonds. The Bertz CT molecular complexity index is 915. The summed E-state index contributed by atoms with van der Waals surface area (Å²) in [6.45, 7) is 3.01. The van der Waals surface area contributed by atoms with E-state index >= 15 is 0 Å². The van der Waals surface area contributed by atoms with Crippen LogP contribution >= 0.6 is 0 Å². The standard InChI is InChI=1S/C21H19NO5/c1-2-3-10-24-16-7-4-14(5-8-16)11-17-21(23)27-20(22-17)15-6-9-18-19(12-15)26-13-25-18/h4-9,11-12H,2-3,10,13H2,1H3/b17-11-. The van der Waals surface area contributed by atoms with Gasteiger partial charge in [0.1, 0.15) is 5.75 Å². The van der Waals surface area contributed by atoms with Gasteiger partial charge in [-0.25, -0.2) is 9.79 Å². The maximum atomic E-state index is 12.2. The van der Waals surface area contributed by atoms with Crippen molar-refractivity contribution in [2.45, 2.75) is 19.8 Å². The smallest absolute Gasteiger partial charge is 0.363 e. The molecule has 0 aliphatic carbocycles. The van der Waals surface area contributed by atoms with E-state index in [0.717, 1.165) is 24.2 Å². The minimum absolute atomic E-state index is 0.189. The van der Waals surface area contributed by atoms with Crippen molar-refractivity contribution in [3.63, 3.8) is 0 Å². The predicted molar refractivity (Wildman–Crippen MR) is 100 cm³/mol. The zero-order valence-corrected chi connectivity index (χ0v) is 14.9. The molecule has 138 valence electrons. The van der Waals surface area contributed by atoms with Crippen LogP contribution in [0, 0.1) is 0 Å². The number of nitrogens with zero attached hydrogens (tertiary/aromatic N) is 1. The van der Waals surface area contributed by atoms with Crippen molar-refractivity contribution in [2.75, 3.05) is 13.4 Å². The zero-order chi connectivity index (χ0) is 18.6. The summed E-state index contributed by atoms with van der Waals surface area (Å²) >= 11 is 0. The van der Waals surface area contributed by atoms with Crippen molar-refractivity contribution in [3.8, 4) is 17.2 Å². The monoisotopic (exact) mass is 365 g/mol. The van der Waals surface area contributed by atoms with Gasteiger partial charge in [0.25, 0.3) is 0 Å². The lowest BCUT2D eigenvalue weighted by Gasteiger charge is -2.05. The van der Waals surface area contributed by atoms with Crippen molar-refractivity contribution >= 4 is 17.9 Å². The third-order valence-electron chi connectivity index (χ3n) is 4.19. The molecule has 2 aromatic carbocycles. The summed E-state index contributed by atoms with van der Waals surface area (Å²) in [6.07, 6.45) is 3.81. The highest BCUT2D eigenvalue weighted by Crippen LogP contribution is 2.33. The van der Waals surface area contributed by atoms with Crippen molar-refractivity contribution in [1.29, 1.82) is 0 Å². The van der Waals surface area contributed by atoms with E-state index in [1.807, 2.05) is 24.3 Å². The summed E-state index contributed by atoms with van der Waals surface area (Å²) < 4.78 is 21.6. The topological polar surface area (TPSA) is 66.3 Å². The van der Waals surface area contributed by atoms with Gasteiger partial charge in [-0.3, -0.25) is 0 Å². The number of esters is 1. The number of aliphatic imine (C=N–C) groups is 1. The van der Waals surface area contributed by atoms with Crippen LogP contribution < -0.4 is 14.2 Å². The first-order chi connectivity index (χ1) is 13.2. The van der Waals surface area contributed by atoms with E-state index in [1.54, 1.807) is 24.3 Å². The van der Waals surface area contributed by atoms with Crippen molar-refractivity contribution in [2.24, 2.45) is 4.99 Å². The van der Waals surface area contributed by atoms with Crippen LogP contribution in [0.2, 0.25) is 0 Å². The zero-order valence-electron chi connectivity index (χ0n) is 14.9. The largest absolute Gasteiger partial charge is 0.494 e. The van der Waals surface area contributed by atoms with Gasteiger partial charge in [0.05, 0.1) is 6.61 Å². The average Bonchev–Trinajstić information content (AvgIpc) is 3.29. The lowest BCUT2D eigenvalue weighted by molar-refractivity contribution is -0.129. The molecule has 0 unspecified atom stereocenters. The lowest BCUT2D eigenvalue weighted by Crippen LogP contribution is -2.05. The molecule has 0 N–H and O–H groups in total. The second-order valence-electron chi connectivity index (χ2n) is 6.18. The van der Waals surface area contributed by atoms with Gasteiger partial charge in [-0.2, -0.15) is 0 Å². The first kappa shape index (κ1) is 17.1. The summed E-state index contributed by atoms with van der Waals surface area (Å²) in [4.78, 5) is 16.5. The summed E-state index contributed by atoms with van der Waals surface area (Å²) in [5, 5.41) is 0. The Morgan fingerprint density at radius 3 is 2.74 bits per heavy atom. The van der Waals surface area contributed by atoms with Gasteiger partial charge in [0, 0.05) is 5.56 Å². The van der Waals surface area contributed by atoms with Crippen molar-refractivity contribution in [3.05, 3.63) is 59.3 Å². The molecule has 2 heterocycles. The number of hydrogen-bond acceptors (Lipinski definition) is 6. The van der Waals surface area contributed by atoms with Gasteiger partial charge in [0.15, 0.2) is 17.2 Å². The molecule has 4 rings (SSSR count). The molecule has 0 saturated carbocycles. The maximum Gasteiger partial charge on any atom is 0.363 e. The molecule has 0 radical (unpaired) electrons. The van der Waals surface area contributed by atoms with E-state index in [4.69, 9.17) is 18.9 Å². The molecule has 2 aliphatic heterocycles. The van der Waals surface area contributed by atoms with Crippen LogP contribution in [-0.2, 0) is 9.53 Å². The number of unbranched alkanes of at least 4 members (excludes halogenated alkanes) is 1. The van der Waals surface area contributed by atoms with Crippen LogP contribution in [0.3, 0.4) is 0 Å². The number of ether oxygens (including phenoxy) is 4. The third-order valence-corrected chi connectivity index (χ3v) is 4.19. The molecule has 0 saturated heterocycles. The van der Waals surface area contributed by atoms with Crippen molar-refractivity contribution in [1.82, 2.24) is 0 Å². The van der Waals surface area contributed by atoms with E-state index in [0.29, 0.717) is 23.7 Å². The van der Waals surface area contributed by atoms with Gasteiger partial charge >= 0.3 is 5.97 Å². The molecule has 2 aliphatic rings. The molecule has 0 aromatic heterocycles. The fourth-order valence-electron chi connectivity index (χ4n) is 2.71. The summed E-state index contributed by atoms with van der Waals surface area (Å²) in [5.41, 5.74) is 1.76. The molecule has 0 fully saturated rings. The first-order valence-electron chi connectivity index (χ1n) is 8.88. The lowest BCUT2D eigenvalue weighted by atomic mass is 10.2. The Hall–Kier alpha value is -3.28. The van der Waals surface area contributed by atoms with Crippen LogP contribution in [0.4, 0.5) is 0 Å². The van der Waals surface area contributed by atoms with E-state index < -0.39 is 5.97 Å². The van der Waals surface area contributed by atoms with Gasteiger partial charge < -0.3 is 18.9 Å². The third kappa shape index (κ3) is 3.79. The van der Waals surface area contributed by atoms with Gasteiger partial charge in [0.2, 0.25) is 12.7 Å². The number of carbonyl (C=O) groups excluding carboxylic acids is 1. The summed E-state index contributed by atoms with van der Waals surface area (Å²) in [7, 11) is 0. The second kappa shape index (κ2) is 7.53. The highest BCUT2D eigenvalue weighted by Gasteiger charge is 2.25. The predicted octanol–water partition coefficient (Wildman–Crippen LogP) is 3.94. The first-order valence-corrected chi connectivity index (χ1v) is 8.88. The Kier molecular flexibility index (Phi) is 4.78. The normalized spacial score (nSPS) is 16.4. The van der Waals surface area contributed by atoms with E-state index in [9.17, 15) is 4.79 Å². The van der Waals surface area contributed by atoms with Crippen LogP contribution in [0.25, 0.3) is 6.08 Å². The van der Waals surface area contributed by atoms with Gasteiger partial charge in [-0.1, -0.05) is 25.5 Å². The van der Waals surface area contributed by atoms with E-state index in [2.05, 4.69) is 11.9 Å². The number of cyclic esters (lactones) is 1. The van der Waals surface area contributed by atoms with E-state index in [1.165, 1.54) is 0 Å². The maximum absolute atomic E-state index is 12.2. The number of benzene rings is 2. The summed E-state index contributed by atoms with van der Waals surface area (Å²) in [5.74, 6) is 1.86. The Balaban J connectivity index is 1.50. The number of fused-ring (bicyclic) bond motifs is 1. The SMILES string of the molecule is CCCCOc1ccc(/C=C2\N=C(c3ccc4c(c3)OCO4)OC2=O)cc1. The Labute approximate surface area is 157 Å². The highest BCUT2D eigenvalue weighted by molar-refractivity contribution is 6.13. The van der Waals surface area contributed by atoms with Crippen molar-refractivity contribution < 1.29 is 23.7 Å². The molecular formula is C21H19NO5. The minimum atomic E-state index is -0.481. The molecule has 0 bridgehead atoms. The molecule has 0 spiro atoms. The fourth-order valence-corrected chi connectivity index (χ4v) is 2.71. The Morgan fingerprint density at radius 2 is 1.93 bits per heavy atom. The molecular weight excluding hydrogens is 346 g/mol. The van der Waals surface area contributed by atoms with Crippen LogP contribution in [0.5, 0.6) is 17.2 Å². The number of rotatable bonds is 6. The molecule has 6 nitrogen and oxygen atoms in total. The minimum Gasteiger partial charge on any atom is -0.494 e. The number of hydrogen-bond donors (Lipinski definition) is 0. The second-order valence-corrected chi connectivity index (χ2v) is 6.18. The highest BCUT2D eigenvalue weighted by atomic mass is 16.7. The molecule has 0 atom stereocenters. The molecule has 2 aromatic rings. The fraction of sp³-hybridized carbons (Fsp3) is 0.238. The molecule has 27 heavy (non-hydrogen) atoms. The summed E-state index contributed by atoms with van der Waals surface area (Å²) in [6, 6.07) is 12.8. The van der Waals surface area contributed by atoms with Crippen LogP contribution in [0.15, 0.2) is 53.2 Å². The van der Waals surface area contributed by atoms with Gasteiger partial charge in [-0.05, 0) is 48.4 Å². The van der Waals surface area contributed by atoms with Crippen LogP contribution in [0.1, 0.15) is 30.9 Å². The molecule has 6 heteroatoms. The quantitative estimate of drug-likeness (QED) is 0.441. The van der Waals surface area contributed by atoms with Gasteiger partial charge in [-0.15, -0.1) is 0 Å².